The van der Waals surface area contributed by atoms with Gasteiger partial charge >= 0.3 is 0 Å². The molecule has 2 aromatic carbocycles. The van der Waals surface area contributed by atoms with Crippen LogP contribution in [0.4, 0.5) is 11.4 Å². The molecule has 0 aliphatic rings. The summed E-state index contributed by atoms with van der Waals surface area (Å²) in [7, 11) is 0. The average Bonchev–Trinajstić information content (AvgIpc) is 2.46. The highest BCUT2D eigenvalue weighted by Crippen LogP contribution is 2.21. The van der Waals surface area contributed by atoms with E-state index in [4.69, 9.17) is 0 Å². The second-order valence-electron chi connectivity index (χ2n) is 4.26. The van der Waals surface area contributed by atoms with Crippen LogP contribution in [-0.2, 0) is 6.42 Å². The summed E-state index contributed by atoms with van der Waals surface area (Å²) >= 11 is 0. The van der Waals surface area contributed by atoms with E-state index in [1.807, 2.05) is 31.2 Å². The summed E-state index contributed by atoms with van der Waals surface area (Å²) in [6.45, 7) is 2.04. The van der Waals surface area contributed by atoms with Gasteiger partial charge in [0.25, 0.3) is 5.69 Å². The highest BCUT2D eigenvalue weighted by molar-refractivity contribution is 5.86. The van der Waals surface area contributed by atoms with Crippen LogP contribution in [0, 0.1) is 10.1 Å². The molecule has 0 radical (unpaired) electrons. The molecular weight excluding hydrogens is 256 g/mol. The molecule has 5 nitrogen and oxygen atoms in total. The van der Waals surface area contributed by atoms with Gasteiger partial charge in [0.1, 0.15) is 0 Å². The maximum absolute atomic E-state index is 11.6. The lowest BCUT2D eigenvalue weighted by Crippen LogP contribution is -1.98. The second-order valence-corrected chi connectivity index (χ2v) is 4.26. The number of nitro benzene ring substituents is 1. The van der Waals surface area contributed by atoms with Crippen LogP contribution in [0.2, 0.25) is 0 Å². The molecule has 0 aliphatic carbocycles. The van der Waals surface area contributed by atoms with Crippen molar-refractivity contribution in [2.45, 2.75) is 13.3 Å². The Hall–Kier alpha value is -2.69. The van der Waals surface area contributed by atoms with Gasteiger partial charge < -0.3 is 5.11 Å². The largest absolute Gasteiger partial charge is 0.872 e. The van der Waals surface area contributed by atoms with Gasteiger partial charge in [-0.3, -0.25) is 15.1 Å². The lowest BCUT2D eigenvalue weighted by atomic mass is 10.1. The van der Waals surface area contributed by atoms with E-state index in [2.05, 4.69) is 4.99 Å². The Morgan fingerprint density at radius 3 is 2.75 bits per heavy atom. The minimum Gasteiger partial charge on any atom is -0.872 e. The molecule has 0 bridgehead atoms. The maximum atomic E-state index is 11.6. The van der Waals surface area contributed by atoms with Crippen molar-refractivity contribution >= 4 is 17.6 Å². The molecule has 5 heteroatoms. The number of aliphatic imine (C=N–C) groups is 1. The van der Waals surface area contributed by atoms with Crippen molar-refractivity contribution < 1.29 is 10.0 Å². The van der Waals surface area contributed by atoms with Gasteiger partial charge in [-0.1, -0.05) is 30.9 Å². The normalized spacial score (nSPS) is 10.8. The zero-order valence-corrected chi connectivity index (χ0v) is 10.9. The Morgan fingerprint density at radius 1 is 1.25 bits per heavy atom. The van der Waals surface area contributed by atoms with Gasteiger partial charge in [-0.25, -0.2) is 0 Å². The molecule has 0 saturated carbocycles. The second kappa shape index (κ2) is 5.97. The van der Waals surface area contributed by atoms with Crippen LogP contribution >= 0.6 is 0 Å². The number of benzene rings is 2. The highest BCUT2D eigenvalue weighted by atomic mass is 16.6. The van der Waals surface area contributed by atoms with E-state index >= 15 is 0 Å². The predicted octanol–water partition coefficient (Wildman–Crippen LogP) is 2.98. The van der Waals surface area contributed by atoms with Crippen molar-refractivity contribution in [2.24, 2.45) is 4.99 Å². The number of non-ortho nitro benzene ring substituents is 1. The van der Waals surface area contributed by atoms with Gasteiger partial charge in [0, 0.05) is 18.3 Å². The topological polar surface area (TPSA) is 78.6 Å². The first-order valence-electron chi connectivity index (χ1n) is 6.18. The van der Waals surface area contributed by atoms with E-state index in [1.54, 1.807) is 0 Å². The van der Waals surface area contributed by atoms with Crippen LogP contribution in [0.25, 0.3) is 0 Å². The maximum Gasteiger partial charge on any atom is 0.270 e. The molecule has 0 aliphatic heterocycles. The van der Waals surface area contributed by atoms with E-state index in [-0.39, 0.29) is 17.0 Å². The predicted molar refractivity (Wildman–Crippen MR) is 75.6 cm³/mol. The number of aryl methyl sites for hydroxylation is 1. The van der Waals surface area contributed by atoms with Crippen molar-refractivity contribution in [1.82, 2.24) is 0 Å². The Kier molecular flexibility index (Phi) is 4.10. The number of nitro groups is 1. The Bertz CT molecular complexity index is 666. The molecule has 0 aromatic heterocycles. The van der Waals surface area contributed by atoms with Crippen molar-refractivity contribution in [3.8, 4) is 5.75 Å². The van der Waals surface area contributed by atoms with E-state index in [1.165, 1.54) is 24.4 Å². The summed E-state index contributed by atoms with van der Waals surface area (Å²) in [5.41, 5.74) is 1.95. The summed E-state index contributed by atoms with van der Waals surface area (Å²) in [4.78, 5) is 14.3. The number of nitrogens with zero attached hydrogens (tertiary/aromatic N) is 2. The number of hydrogen-bond donors (Lipinski definition) is 0. The first kappa shape index (κ1) is 13.7. The molecule has 2 aromatic rings. The fourth-order valence-corrected chi connectivity index (χ4v) is 1.75. The molecule has 20 heavy (non-hydrogen) atoms. The monoisotopic (exact) mass is 269 g/mol. The molecule has 102 valence electrons. The van der Waals surface area contributed by atoms with Gasteiger partial charge in [0.15, 0.2) is 0 Å². The Morgan fingerprint density at radius 2 is 2.05 bits per heavy atom. The molecule has 0 amide bonds. The third-order valence-corrected chi connectivity index (χ3v) is 2.88. The van der Waals surface area contributed by atoms with E-state index < -0.39 is 4.92 Å². The van der Waals surface area contributed by atoms with Crippen LogP contribution in [0.3, 0.4) is 0 Å². The van der Waals surface area contributed by atoms with Gasteiger partial charge in [0.2, 0.25) is 0 Å². The standard InChI is InChI=1S/C15H14N2O3/c1-2-11-4-3-5-13(8-11)16-10-12-9-14(17(19)20)6-7-15(12)18/h3-10,18H,2H2,1H3/p-1. The fourth-order valence-electron chi connectivity index (χ4n) is 1.75. The van der Waals surface area contributed by atoms with Crippen molar-refractivity contribution in [3.63, 3.8) is 0 Å². The van der Waals surface area contributed by atoms with Crippen LogP contribution < -0.4 is 5.11 Å². The minimum atomic E-state index is -0.533. The Balaban J connectivity index is 2.30. The highest BCUT2D eigenvalue weighted by Gasteiger charge is 2.05. The first-order chi connectivity index (χ1) is 9.60. The Labute approximate surface area is 116 Å². The SMILES string of the molecule is CCc1cccc(N=Cc2cc([N+](=O)[O-])ccc2[O-])c1. The summed E-state index contributed by atoms with van der Waals surface area (Å²) in [5, 5.41) is 22.3. The molecule has 0 atom stereocenters. The lowest BCUT2D eigenvalue weighted by molar-refractivity contribution is -0.385. The van der Waals surface area contributed by atoms with Gasteiger partial charge in [0.05, 0.1) is 10.6 Å². The molecule has 0 spiro atoms. The minimum absolute atomic E-state index is 0.117. The average molecular weight is 269 g/mol. The summed E-state index contributed by atoms with van der Waals surface area (Å²) in [5.74, 6) is -0.286. The van der Waals surface area contributed by atoms with Crippen LogP contribution in [0.15, 0.2) is 47.5 Å². The van der Waals surface area contributed by atoms with Gasteiger partial charge in [-0.2, -0.15) is 0 Å². The molecule has 0 saturated heterocycles. The third kappa shape index (κ3) is 3.20. The molecule has 0 fully saturated rings. The lowest BCUT2D eigenvalue weighted by Gasteiger charge is -2.08. The molecular formula is C15H13N2O3-. The molecule has 0 heterocycles. The third-order valence-electron chi connectivity index (χ3n) is 2.88. The zero-order valence-electron chi connectivity index (χ0n) is 10.9. The molecule has 2 rings (SSSR count). The van der Waals surface area contributed by atoms with Crippen molar-refractivity contribution in [3.05, 3.63) is 63.7 Å². The van der Waals surface area contributed by atoms with E-state index in [0.717, 1.165) is 17.7 Å². The van der Waals surface area contributed by atoms with Gasteiger partial charge in [-0.05, 0) is 29.7 Å². The first-order valence-corrected chi connectivity index (χ1v) is 6.18. The van der Waals surface area contributed by atoms with E-state index in [0.29, 0.717) is 0 Å². The smallest absolute Gasteiger partial charge is 0.270 e. The van der Waals surface area contributed by atoms with Crippen molar-refractivity contribution in [2.75, 3.05) is 0 Å². The van der Waals surface area contributed by atoms with Crippen LogP contribution in [0.1, 0.15) is 18.1 Å². The van der Waals surface area contributed by atoms with Gasteiger partial charge in [-0.15, -0.1) is 0 Å². The number of rotatable bonds is 4. The van der Waals surface area contributed by atoms with Crippen molar-refractivity contribution in [1.29, 1.82) is 0 Å². The van der Waals surface area contributed by atoms with Crippen LogP contribution in [-0.4, -0.2) is 11.1 Å². The molecule has 0 unspecified atom stereocenters. The fraction of sp³-hybridized carbons (Fsp3) is 0.133. The summed E-state index contributed by atoms with van der Waals surface area (Å²) in [6.07, 6.45) is 2.26. The quantitative estimate of drug-likeness (QED) is 0.486. The summed E-state index contributed by atoms with van der Waals surface area (Å²) < 4.78 is 0. The number of hydrogen-bond acceptors (Lipinski definition) is 4. The summed E-state index contributed by atoms with van der Waals surface area (Å²) in [6, 6.07) is 11.2. The molecule has 0 N–H and O–H groups in total. The zero-order chi connectivity index (χ0) is 14.5. The van der Waals surface area contributed by atoms with Crippen LogP contribution in [0.5, 0.6) is 5.75 Å². The van der Waals surface area contributed by atoms with E-state index in [9.17, 15) is 15.2 Å².